The maximum Gasteiger partial charge on any atom is 0.315 e. The van der Waals surface area contributed by atoms with Gasteiger partial charge in [-0.1, -0.05) is 18.9 Å². The van der Waals surface area contributed by atoms with E-state index in [2.05, 4.69) is 10.6 Å². The first-order valence-electron chi connectivity index (χ1n) is 10.6. The molecule has 0 bridgehead atoms. The normalized spacial score (nSPS) is 21.9. The summed E-state index contributed by atoms with van der Waals surface area (Å²) in [5, 5.41) is 6.00. The lowest BCUT2D eigenvalue weighted by molar-refractivity contribution is 0.170. The highest BCUT2D eigenvalue weighted by Gasteiger charge is 2.43. The van der Waals surface area contributed by atoms with Gasteiger partial charge in [0.25, 0.3) is 0 Å². The van der Waals surface area contributed by atoms with Gasteiger partial charge in [0, 0.05) is 25.2 Å². The molecule has 2 aliphatic carbocycles. The molecule has 1 saturated carbocycles. The Morgan fingerprint density at radius 3 is 2.57 bits per heavy atom. The zero-order valence-corrected chi connectivity index (χ0v) is 17.5. The largest absolute Gasteiger partial charge is 0.338 e. The van der Waals surface area contributed by atoms with Gasteiger partial charge in [0.15, 0.2) is 0 Å². The molecule has 1 saturated heterocycles. The van der Waals surface area contributed by atoms with Crippen molar-refractivity contribution >= 4 is 16.1 Å². The number of amides is 2. The number of carbonyl (C=O) groups excluding carboxylic acids is 1. The number of rotatable bonds is 6. The first kappa shape index (κ1) is 19.7. The van der Waals surface area contributed by atoms with E-state index in [1.165, 1.54) is 24.0 Å². The summed E-state index contributed by atoms with van der Waals surface area (Å²) < 4.78 is 28.0. The molecule has 7 heteroatoms. The van der Waals surface area contributed by atoms with Crippen LogP contribution in [0.3, 0.4) is 0 Å². The molecule has 1 aromatic carbocycles. The summed E-state index contributed by atoms with van der Waals surface area (Å²) in [6.45, 7) is 3.40. The minimum absolute atomic E-state index is 0.141. The monoisotopic (exact) mass is 405 g/mol. The van der Waals surface area contributed by atoms with Crippen LogP contribution in [0.1, 0.15) is 56.6 Å². The predicted octanol–water partition coefficient (Wildman–Crippen LogP) is 2.82. The van der Waals surface area contributed by atoms with Gasteiger partial charge in [-0.05, 0) is 74.6 Å². The van der Waals surface area contributed by atoms with Crippen molar-refractivity contribution in [3.05, 3.63) is 29.3 Å². The number of hydrogen-bond acceptors (Lipinski definition) is 3. The number of aryl methyl sites for hydroxylation is 2. The molecule has 6 nitrogen and oxygen atoms in total. The molecule has 1 heterocycles. The molecular weight excluding hydrogens is 374 g/mol. The van der Waals surface area contributed by atoms with E-state index < -0.39 is 10.0 Å². The smallest absolute Gasteiger partial charge is 0.315 e. The standard InChI is InChI=1S/C21H31N3O3S/c1-2-22-20(25)23-21(15-16-6-7-16)10-12-24(13-11-21)28(26,27)19-9-8-17-4-3-5-18(17)14-19/h8-9,14,16H,2-7,10-13,15H2,1H3,(H2,22,23,25). The van der Waals surface area contributed by atoms with Crippen LogP contribution in [0.25, 0.3) is 0 Å². The van der Waals surface area contributed by atoms with Crippen LogP contribution in [-0.4, -0.2) is 43.9 Å². The summed E-state index contributed by atoms with van der Waals surface area (Å²) in [5.41, 5.74) is 2.18. The average Bonchev–Trinajstić information content (AvgIpc) is 3.34. The Morgan fingerprint density at radius 2 is 1.89 bits per heavy atom. The van der Waals surface area contributed by atoms with Gasteiger partial charge >= 0.3 is 6.03 Å². The molecule has 0 atom stereocenters. The van der Waals surface area contributed by atoms with E-state index in [0.29, 0.717) is 43.3 Å². The molecule has 2 fully saturated rings. The maximum atomic E-state index is 13.2. The Bertz CT molecular complexity index is 840. The van der Waals surface area contributed by atoms with Gasteiger partial charge < -0.3 is 10.6 Å². The van der Waals surface area contributed by atoms with Crippen molar-refractivity contribution in [1.82, 2.24) is 14.9 Å². The van der Waals surface area contributed by atoms with Crippen molar-refractivity contribution in [2.24, 2.45) is 5.92 Å². The predicted molar refractivity (Wildman–Crippen MR) is 109 cm³/mol. The summed E-state index contributed by atoms with van der Waals surface area (Å²) in [6.07, 6.45) is 7.87. The van der Waals surface area contributed by atoms with Crippen LogP contribution >= 0.6 is 0 Å². The highest BCUT2D eigenvalue weighted by atomic mass is 32.2. The second kappa shape index (κ2) is 7.67. The highest BCUT2D eigenvalue weighted by molar-refractivity contribution is 7.89. The van der Waals surface area contributed by atoms with Crippen LogP contribution in [-0.2, 0) is 22.9 Å². The van der Waals surface area contributed by atoms with Gasteiger partial charge in [-0.2, -0.15) is 4.31 Å². The quantitative estimate of drug-likeness (QED) is 0.764. The van der Waals surface area contributed by atoms with Crippen molar-refractivity contribution in [3.63, 3.8) is 0 Å². The number of piperidine rings is 1. The summed E-state index contributed by atoms with van der Waals surface area (Å²) in [4.78, 5) is 12.6. The molecule has 0 spiro atoms. The maximum absolute atomic E-state index is 13.2. The number of benzene rings is 1. The van der Waals surface area contributed by atoms with Crippen LogP contribution in [0.15, 0.2) is 23.1 Å². The SMILES string of the molecule is CCNC(=O)NC1(CC2CC2)CCN(S(=O)(=O)c2ccc3c(c2)CCC3)CC1. The van der Waals surface area contributed by atoms with Gasteiger partial charge in [-0.25, -0.2) is 13.2 Å². The first-order valence-corrected chi connectivity index (χ1v) is 12.0. The topological polar surface area (TPSA) is 78.5 Å². The summed E-state index contributed by atoms with van der Waals surface area (Å²) in [6, 6.07) is 5.47. The van der Waals surface area contributed by atoms with Crippen molar-refractivity contribution < 1.29 is 13.2 Å². The Balaban J connectivity index is 1.47. The summed E-state index contributed by atoms with van der Waals surface area (Å²) >= 11 is 0. The van der Waals surface area contributed by atoms with E-state index in [9.17, 15) is 13.2 Å². The molecule has 2 N–H and O–H groups in total. The van der Waals surface area contributed by atoms with Gasteiger partial charge in [0.1, 0.15) is 0 Å². The summed E-state index contributed by atoms with van der Waals surface area (Å²) in [7, 11) is -3.48. The van der Waals surface area contributed by atoms with Gasteiger partial charge in [0.2, 0.25) is 10.0 Å². The second-order valence-corrected chi connectivity index (χ2v) is 10.5. The number of carbonyl (C=O) groups is 1. The Labute approximate surface area is 168 Å². The zero-order chi connectivity index (χ0) is 19.8. The molecule has 1 aliphatic heterocycles. The third-order valence-corrected chi connectivity index (χ3v) is 8.37. The number of hydrogen-bond donors (Lipinski definition) is 2. The van der Waals surface area contributed by atoms with Crippen LogP contribution in [0.2, 0.25) is 0 Å². The molecule has 0 unspecified atom stereocenters. The fraction of sp³-hybridized carbons (Fsp3) is 0.667. The molecule has 0 radical (unpaired) electrons. The van der Waals surface area contributed by atoms with E-state index in [4.69, 9.17) is 0 Å². The second-order valence-electron chi connectivity index (χ2n) is 8.60. The fourth-order valence-electron chi connectivity index (χ4n) is 4.71. The number of urea groups is 1. The first-order chi connectivity index (χ1) is 13.4. The van der Waals surface area contributed by atoms with Gasteiger partial charge in [-0.3, -0.25) is 0 Å². The van der Waals surface area contributed by atoms with Crippen LogP contribution < -0.4 is 10.6 Å². The van der Waals surface area contributed by atoms with Crippen molar-refractivity contribution in [2.45, 2.75) is 68.7 Å². The van der Waals surface area contributed by atoms with Gasteiger partial charge in [0.05, 0.1) is 4.90 Å². The third kappa shape index (κ3) is 4.06. The number of sulfonamides is 1. The average molecular weight is 406 g/mol. The molecule has 1 aromatic rings. The molecule has 154 valence electrons. The molecule has 4 rings (SSSR count). The number of nitrogens with zero attached hydrogens (tertiary/aromatic N) is 1. The van der Waals surface area contributed by atoms with Crippen LogP contribution in [0.4, 0.5) is 4.79 Å². The van der Waals surface area contributed by atoms with E-state index in [1.54, 1.807) is 10.4 Å². The molecular formula is C21H31N3O3S. The lowest BCUT2D eigenvalue weighted by Crippen LogP contribution is -2.58. The fourth-order valence-corrected chi connectivity index (χ4v) is 6.21. The van der Waals surface area contributed by atoms with E-state index in [0.717, 1.165) is 25.7 Å². The van der Waals surface area contributed by atoms with Crippen molar-refractivity contribution in [1.29, 1.82) is 0 Å². The minimum atomic E-state index is -3.48. The van der Waals surface area contributed by atoms with Gasteiger partial charge in [-0.15, -0.1) is 0 Å². The van der Waals surface area contributed by atoms with Crippen LogP contribution in [0, 0.1) is 5.92 Å². The highest BCUT2D eigenvalue weighted by Crippen LogP contribution is 2.41. The Kier molecular flexibility index (Phi) is 5.40. The zero-order valence-electron chi connectivity index (χ0n) is 16.7. The molecule has 0 aromatic heterocycles. The van der Waals surface area contributed by atoms with Crippen molar-refractivity contribution in [2.75, 3.05) is 19.6 Å². The minimum Gasteiger partial charge on any atom is -0.338 e. The number of nitrogens with one attached hydrogen (secondary N) is 2. The lowest BCUT2D eigenvalue weighted by atomic mass is 9.83. The molecule has 28 heavy (non-hydrogen) atoms. The van der Waals surface area contributed by atoms with Crippen LogP contribution in [0.5, 0.6) is 0 Å². The van der Waals surface area contributed by atoms with E-state index >= 15 is 0 Å². The number of fused-ring (bicyclic) bond motifs is 1. The van der Waals surface area contributed by atoms with E-state index in [1.807, 2.05) is 19.1 Å². The lowest BCUT2D eigenvalue weighted by Gasteiger charge is -2.42. The molecule has 3 aliphatic rings. The summed E-state index contributed by atoms with van der Waals surface area (Å²) in [5.74, 6) is 0.668. The third-order valence-electron chi connectivity index (χ3n) is 6.48. The van der Waals surface area contributed by atoms with E-state index in [-0.39, 0.29) is 11.6 Å². The molecule has 2 amide bonds. The Hall–Kier alpha value is -1.60. The van der Waals surface area contributed by atoms with Crippen molar-refractivity contribution in [3.8, 4) is 0 Å². The Morgan fingerprint density at radius 1 is 1.18 bits per heavy atom.